The molecule has 3 heteroatoms. The summed E-state index contributed by atoms with van der Waals surface area (Å²) in [7, 11) is 0. The van der Waals surface area contributed by atoms with Gasteiger partial charge in [0.15, 0.2) is 11.6 Å². The Morgan fingerprint density at radius 3 is 2.26 bits per heavy atom. The van der Waals surface area contributed by atoms with Crippen LogP contribution in [0.25, 0.3) is 11.4 Å². The van der Waals surface area contributed by atoms with Gasteiger partial charge >= 0.3 is 0 Å². The molecule has 0 fully saturated rings. The summed E-state index contributed by atoms with van der Waals surface area (Å²) in [5.74, 6) is 2.34. The van der Waals surface area contributed by atoms with Gasteiger partial charge in [0.25, 0.3) is 0 Å². The molecule has 1 aliphatic carbocycles. The minimum atomic E-state index is 0.677. The smallest absolute Gasteiger partial charge is 0.159 e. The number of hydrogen-bond acceptors (Lipinski definition) is 3. The van der Waals surface area contributed by atoms with E-state index in [-0.39, 0.29) is 0 Å². The number of rotatable bonds is 15. The predicted molar refractivity (Wildman–Crippen MR) is 146 cm³/mol. The fourth-order valence-electron chi connectivity index (χ4n) is 5.27. The Bertz CT molecular complexity index is 1000. The average Bonchev–Trinajstić information content (AvgIpc) is 3.31. The second kappa shape index (κ2) is 14.0. The molecule has 3 aromatic rings. The first-order valence-electron chi connectivity index (χ1n) is 13.9. The van der Waals surface area contributed by atoms with Crippen molar-refractivity contribution >= 4 is 0 Å². The molecule has 0 bridgehead atoms. The highest BCUT2D eigenvalue weighted by atomic mass is 16.5. The van der Waals surface area contributed by atoms with Crippen LogP contribution in [0, 0.1) is 5.92 Å². The van der Waals surface area contributed by atoms with Crippen LogP contribution in [0.1, 0.15) is 87.8 Å². The first kappa shape index (κ1) is 25.4. The van der Waals surface area contributed by atoms with E-state index in [2.05, 4.69) is 65.4 Å². The average molecular weight is 471 g/mol. The van der Waals surface area contributed by atoms with Gasteiger partial charge in [-0.2, -0.15) is 0 Å². The molecule has 3 nitrogen and oxygen atoms in total. The molecule has 0 saturated carbocycles. The van der Waals surface area contributed by atoms with Crippen LogP contribution in [0.15, 0.2) is 60.9 Å². The Kier molecular flexibility index (Phi) is 10.2. The van der Waals surface area contributed by atoms with Crippen molar-refractivity contribution in [1.82, 2.24) is 9.97 Å². The molecule has 1 heterocycles. The predicted octanol–water partition coefficient (Wildman–Crippen LogP) is 8.40. The van der Waals surface area contributed by atoms with E-state index in [0.29, 0.717) is 6.61 Å². The van der Waals surface area contributed by atoms with Crippen molar-refractivity contribution in [2.75, 3.05) is 6.61 Å². The van der Waals surface area contributed by atoms with Crippen LogP contribution >= 0.6 is 0 Å². The summed E-state index contributed by atoms with van der Waals surface area (Å²) in [6.07, 6.45) is 20.7. The number of aryl methyl sites for hydroxylation is 1. The zero-order valence-corrected chi connectivity index (χ0v) is 21.6. The molecule has 0 spiro atoms. The minimum Gasteiger partial charge on any atom is -0.490 e. The molecule has 0 amide bonds. The van der Waals surface area contributed by atoms with Gasteiger partial charge in [-0.1, -0.05) is 101 Å². The molecule has 1 aromatic heterocycles. The van der Waals surface area contributed by atoms with E-state index in [1.165, 1.54) is 87.3 Å². The highest BCUT2D eigenvalue weighted by Gasteiger charge is 2.21. The maximum absolute atomic E-state index is 5.86. The summed E-state index contributed by atoms with van der Waals surface area (Å²) < 4.78 is 5.86. The Labute approximate surface area is 212 Å². The fourth-order valence-corrected chi connectivity index (χ4v) is 5.27. The third kappa shape index (κ3) is 8.19. The largest absolute Gasteiger partial charge is 0.490 e. The number of benzene rings is 2. The van der Waals surface area contributed by atoms with E-state index in [0.717, 1.165) is 35.9 Å². The molecule has 0 N–H and O–H groups in total. The molecule has 0 aliphatic heterocycles. The molecule has 35 heavy (non-hydrogen) atoms. The standard InChI is InChI=1S/C32H42N2O/c1-2-3-4-5-6-7-8-10-16-27-21-28-18-19-29(23-30(28)22-27)32-33-24-31(25-34-32)35-20-13-17-26-14-11-9-12-15-26/h9,11-12,14-15,18-19,23-25,27H,2-8,10,13,16-17,20-22H2,1H3. The van der Waals surface area contributed by atoms with Gasteiger partial charge in [-0.25, -0.2) is 9.97 Å². The number of ether oxygens (including phenoxy) is 1. The van der Waals surface area contributed by atoms with Crippen LogP contribution < -0.4 is 4.74 Å². The van der Waals surface area contributed by atoms with Gasteiger partial charge in [0.2, 0.25) is 0 Å². The lowest BCUT2D eigenvalue weighted by molar-refractivity contribution is 0.308. The SMILES string of the molecule is CCCCCCCCCCC1Cc2ccc(-c3ncc(OCCCc4ccccc4)cn3)cc2C1. The lowest BCUT2D eigenvalue weighted by atomic mass is 9.97. The van der Waals surface area contributed by atoms with Crippen LogP contribution in [0.2, 0.25) is 0 Å². The third-order valence-electron chi connectivity index (χ3n) is 7.30. The molecule has 2 aromatic carbocycles. The number of unbranched alkanes of at least 4 members (excludes halogenated alkanes) is 7. The summed E-state index contributed by atoms with van der Waals surface area (Å²) in [6, 6.07) is 17.3. The number of nitrogens with zero attached hydrogens (tertiary/aromatic N) is 2. The Morgan fingerprint density at radius 2 is 1.49 bits per heavy atom. The minimum absolute atomic E-state index is 0.677. The maximum Gasteiger partial charge on any atom is 0.159 e. The van der Waals surface area contributed by atoms with Crippen LogP contribution in [0.5, 0.6) is 5.75 Å². The van der Waals surface area contributed by atoms with Gasteiger partial charge in [0.05, 0.1) is 19.0 Å². The van der Waals surface area contributed by atoms with Gasteiger partial charge in [0, 0.05) is 5.56 Å². The van der Waals surface area contributed by atoms with Gasteiger partial charge in [-0.05, 0) is 60.8 Å². The van der Waals surface area contributed by atoms with Crippen LogP contribution in [0.3, 0.4) is 0 Å². The summed E-state index contributed by atoms with van der Waals surface area (Å²) in [5, 5.41) is 0. The van der Waals surface area contributed by atoms with Crippen LogP contribution in [0.4, 0.5) is 0 Å². The van der Waals surface area contributed by atoms with Crippen molar-refractivity contribution in [3.8, 4) is 17.1 Å². The topological polar surface area (TPSA) is 35.0 Å². The summed E-state index contributed by atoms with van der Waals surface area (Å²) in [5.41, 5.74) is 5.49. The Balaban J connectivity index is 1.18. The van der Waals surface area contributed by atoms with Gasteiger partial charge in [-0.3, -0.25) is 0 Å². The second-order valence-electron chi connectivity index (χ2n) is 10.2. The number of aromatic nitrogens is 2. The highest BCUT2D eigenvalue weighted by Crippen LogP contribution is 2.33. The van der Waals surface area contributed by atoms with E-state index >= 15 is 0 Å². The zero-order chi connectivity index (χ0) is 24.1. The molecule has 4 rings (SSSR count). The van der Waals surface area contributed by atoms with E-state index in [9.17, 15) is 0 Å². The van der Waals surface area contributed by atoms with Crippen molar-refractivity contribution in [1.29, 1.82) is 0 Å². The summed E-state index contributed by atoms with van der Waals surface area (Å²) in [6.45, 7) is 2.97. The molecule has 0 saturated heterocycles. The van der Waals surface area contributed by atoms with Crippen molar-refractivity contribution in [2.24, 2.45) is 5.92 Å². The van der Waals surface area contributed by atoms with Crippen molar-refractivity contribution in [3.63, 3.8) is 0 Å². The molecular formula is C32H42N2O. The lowest BCUT2D eigenvalue weighted by Crippen LogP contribution is -2.01. The van der Waals surface area contributed by atoms with Gasteiger partial charge in [0.1, 0.15) is 0 Å². The van der Waals surface area contributed by atoms with Crippen molar-refractivity contribution in [2.45, 2.75) is 90.4 Å². The number of hydrogen-bond donors (Lipinski definition) is 0. The summed E-state index contributed by atoms with van der Waals surface area (Å²) in [4.78, 5) is 9.18. The molecule has 186 valence electrons. The first-order valence-corrected chi connectivity index (χ1v) is 13.9. The van der Waals surface area contributed by atoms with E-state index in [4.69, 9.17) is 4.74 Å². The fraction of sp³-hybridized carbons (Fsp3) is 0.500. The Morgan fingerprint density at radius 1 is 0.771 bits per heavy atom. The zero-order valence-electron chi connectivity index (χ0n) is 21.6. The molecular weight excluding hydrogens is 428 g/mol. The highest BCUT2D eigenvalue weighted by molar-refractivity contribution is 5.58. The lowest BCUT2D eigenvalue weighted by Gasteiger charge is -2.08. The molecule has 1 unspecified atom stereocenters. The van der Waals surface area contributed by atoms with Gasteiger partial charge < -0.3 is 4.74 Å². The quantitative estimate of drug-likeness (QED) is 0.209. The normalized spacial score (nSPS) is 14.7. The monoisotopic (exact) mass is 470 g/mol. The first-order chi connectivity index (χ1) is 17.3. The van der Waals surface area contributed by atoms with E-state index < -0.39 is 0 Å². The number of fused-ring (bicyclic) bond motifs is 1. The third-order valence-corrected chi connectivity index (χ3v) is 7.30. The van der Waals surface area contributed by atoms with Crippen molar-refractivity contribution < 1.29 is 4.74 Å². The molecule has 1 aliphatic rings. The van der Waals surface area contributed by atoms with Gasteiger partial charge in [-0.15, -0.1) is 0 Å². The molecule has 0 radical (unpaired) electrons. The Hall–Kier alpha value is -2.68. The van der Waals surface area contributed by atoms with Crippen LogP contribution in [-0.4, -0.2) is 16.6 Å². The second-order valence-corrected chi connectivity index (χ2v) is 10.2. The molecule has 1 atom stereocenters. The summed E-state index contributed by atoms with van der Waals surface area (Å²) >= 11 is 0. The van der Waals surface area contributed by atoms with E-state index in [1.54, 1.807) is 0 Å². The van der Waals surface area contributed by atoms with Crippen LogP contribution in [-0.2, 0) is 19.3 Å². The van der Waals surface area contributed by atoms with Crippen molar-refractivity contribution in [3.05, 3.63) is 77.6 Å². The van der Waals surface area contributed by atoms with E-state index in [1.807, 2.05) is 12.4 Å². The maximum atomic E-state index is 5.86.